The van der Waals surface area contributed by atoms with Gasteiger partial charge >= 0.3 is 0 Å². The second kappa shape index (κ2) is 8.58. The Kier molecular flexibility index (Phi) is 5.20. The third-order valence-electron chi connectivity index (χ3n) is 7.74. The van der Waals surface area contributed by atoms with Crippen LogP contribution in [0.4, 0.5) is 5.82 Å². The Bertz CT molecular complexity index is 1340. The van der Waals surface area contributed by atoms with Crippen molar-refractivity contribution in [3.05, 3.63) is 77.0 Å². The van der Waals surface area contributed by atoms with Gasteiger partial charge in [-0.1, -0.05) is 24.3 Å². The number of aromatic nitrogens is 1. The Hall–Kier alpha value is -3.46. The second-order valence-electron chi connectivity index (χ2n) is 10.00. The predicted octanol–water partition coefficient (Wildman–Crippen LogP) is 3.52. The van der Waals surface area contributed by atoms with E-state index in [-0.39, 0.29) is 30.0 Å². The number of pyridine rings is 1. The molecule has 2 aliphatic carbocycles. The molecule has 8 heteroatoms. The molecule has 4 N–H and O–H groups in total. The van der Waals surface area contributed by atoms with Crippen LogP contribution in [0.5, 0.6) is 17.2 Å². The van der Waals surface area contributed by atoms with Gasteiger partial charge in [0.1, 0.15) is 29.2 Å². The molecule has 1 fully saturated rings. The van der Waals surface area contributed by atoms with E-state index in [1.807, 2.05) is 24.3 Å². The highest BCUT2D eigenvalue weighted by Gasteiger charge is 2.59. The van der Waals surface area contributed by atoms with Crippen LogP contribution in [-0.4, -0.2) is 34.5 Å². The van der Waals surface area contributed by atoms with Crippen molar-refractivity contribution in [1.82, 2.24) is 15.6 Å². The fourth-order valence-corrected chi connectivity index (χ4v) is 5.93. The first kappa shape index (κ1) is 21.8. The number of nitrogens with one attached hydrogen (secondary N) is 3. The number of aryl methyl sites for hydroxylation is 1. The number of carbonyl (C=O) groups is 1. The van der Waals surface area contributed by atoms with E-state index in [4.69, 9.17) is 9.47 Å². The number of fused-ring (bicyclic) bond motifs is 5. The van der Waals surface area contributed by atoms with Gasteiger partial charge in [0.15, 0.2) is 6.35 Å². The number of benzene rings is 2. The van der Waals surface area contributed by atoms with Crippen molar-refractivity contribution in [2.24, 2.45) is 0 Å². The van der Waals surface area contributed by atoms with E-state index in [1.165, 1.54) is 11.1 Å². The number of aliphatic hydroxyl groups is 1. The summed E-state index contributed by atoms with van der Waals surface area (Å²) in [5.74, 6) is 3.00. The maximum Gasteiger partial charge on any atom is 0.225 e. The van der Waals surface area contributed by atoms with Gasteiger partial charge in [-0.2, -0.15) is 0 Å². The number of hydrogen-bond donors (Lipinski definition) is 4. The van der Waals surface area contributed by atoms with Gasteiger partial charge in [-0.15, -0.1) is 0 Å². The maximum absolute atomic E-state index is 11.7. The number of hydrogen-bond acceptors (Lipinski definition) is 7. The van der Waals surface area contributed by atoms with Crippen LogP contribution in [0.25, 0.3) is 0 Å². The summed E-state index contributed by atoms with van der Waals surface area (Å²) in [4.78, 5) is 16.0. The van der Waals surface area contributed by atoms with E-state index in [9.17, 15) is 9.90 Å². The number of amides is 1. The molecule has 0 spiro atoms. The number of aliphatic hydroxyl groups excluding tert-OH is 1. The van der Waals surface area contributed by atoms with Crippen molar-refractivity contribution in [1.29, 1.82) is 0 Å². The molecule has 36 heavy (non-hydrogen) atoms. The topological polar surface area (TPSA) is 105 Å². The van der Waals surface area contributed by atoms with Crippen molar-refractivity contribution < 1.29 is 19.4 Å². The molecule has 1 saturated carbocycles. The Morgan fingerprint density at radius 1 is 1.08 bits per heavy atom. The fraction of sp³-hybridized carbons (Fsp3) is 0.357. The molecular formula is C28H28N4O4. The van der Waals surface area contributed by atoms with E-state index in [2.05, 4.69) is 45.2 Å². The van der Waals surface area contributed by atoms with Gasteiger partial charge < -0.3 is 19.9 Å². The van der Waals surface area contributed by atoms with Gasteiger partial charge in [-0.3, -0.25) is 15.4 Å². The van der Waals surface area contributed by atoms with E-state index < -0.39 is 6.35 Å². The van der Waals surface area contributed by atoms with Gasteiger partial charge in [0.2, 0.25) is 5.91 Å². The van der Waals surface area contributed by atoms with Crippen LogP contribution in [0.1, 0.15) is 53.5 Å². The monoisotopic (exact) mass is 484 g/mol. The van der Waals surface area contributed by atoms with E-state index in [1.54, 1.807) is 6.20 Å². The van der Waals surface area contributed by atoms with Gasteiger partial charge in [0.25, 0.3) is 0 Å². The first-order chi connectivity index (χ1) is 17.6. The van der Waals surface area contributed by atoms with Gasteiger partial charge in [0.05, 0.1) is 6.04 Å². The number of carbonyl (C=O) groups excluding carboxylic acids is 1. The second-order valence-corrected chi connectivity index (χ2v) is 10.00. The predicted molar refractivity (Wildman–Crippen MR) is 133 cm³/mol. The molecule has 7 rings (SSSR count). The molecule has 1 amide bonds. The molecule has 0 saturated heterocycles. The van der Waals surface area contributed by atoms with Crippen LogP contribution in [0, 0.1) is 0 Å². The zero-order chi connectivity index (χ0) is 24.2. The minimum atomic E-state index is -0.818. The number of nitrogens with zero attached hydrogens (tertiary/aromatic N) is 1. The lowest BCUT2D eigenvalue weighted by Gasteiger charge is -2.29. The zero-order valence-electron chi connectivity index (χ0n) is 19.7. The zero-order valence-corrected chi connectivity index (χ0v) is 19.7. The van der Waals surface area contributed by atoms with Crippen molar-refractivity contribution in [3.8, 4) is 17.2 Å². The summed E-state index contributed by atoms with van der Waals surface area (Å²) in [6.45, 7) is 0. The minimum Gasteiger partial charge on any atom is -0.488 e. The van der Waals surface area contributed by atoms with Crippen LogP contribution < -0.4 is 25.4 Å². The summed E-state index contributed by atoms with van der Waals surface area (Å²) in [5, 5.41) is 20.3. The van der Waals surface area contributed by atoms with E-state index in [0.717, 1.165) is 36.1 Å². The highest BCUT2D eigenvalue weighted by molar-refractivity contribution is 5.93. The molecule has 1 unspecified atom stereocenters. The SMILES string of the molecule is O=C1CCc2c(Oc3ccc4c(c3)[C@H]3[C@H](NC(O)N[C@H]5CCCc6ccccc65)[C@H]3O4)ccnc2N1. The number of anilines is 1. The average Bonchev–Trinajstić information content (AvgIpc) is 3.40. The van der Waals surface area contributed by atoms with Crippen LogP contribution >= 0.6 is 0 Å². The summed E-state index contributed by atoms with van der Waals surface area (Å²) >= 11 is 0. The van der Waals surface area contributed by atoms with Crippen LogP contribution in [-0.2, 0) is 17.6 Å². The van der Waals surface area contributed by atoms with Crippen molar-refractivity contribution >= 4 is 11.7 Å². The van der Waals surface area contributed by atoms with Gasteiger partial charge in [0, 0.05) is 35.7 Å². The average molecular weight is 485 g/mol. The summed E-state index contributed by atoms with van der Waals surface area (Å²) in [6.07, 6.45) is 5.08. The molecule has 3 aromatic rings. The number of rotatable bonds is 6. The summed E-state index contributed by atoms with van der Waals surface area (Å²) in [7, 11) is 0. The third kappa shape index (κ3) is 3.82. The van der Waals surface area contributed by atoms with Crippen molar-refractivity contribution in [2.75, 3.05) is 5.32 Å². The van der Waals surface area contributed by atoms with Crippen molar-refractivity contribution in [2.45, 2.75) is 62.6 Å². The lowest BCUT2D eigenvalue weighted by atomic mass is 9.88. The minimum absolute atomic E-state index is 0.00855. The molecule has 2 aliphatic heterocycles. The standard InChI is InChI=1S/C28H28N4O4/c33-23-11-9-18-22(12-13-29-27(18)31-23)35-16-8-10-21-19(14-16)24-25(26(24)36-21)32-28(34)30-20-7-3-5-15-4-1-2-6-17(15)20/h1-2,4,6,8,10,12-14,20,24-26,28,30,32,34H,3,5,7,9,11H2,(H,29,31,33)/t20-,24-,25-,26-,28?/m0/s1. The third-order valence-corrected chi connectivity index (χ3v) is 7.74. The maximum atomic E-state index is 11.7. The molecule has 0 radical (unpaired) electrons. The van der Waals surface area contributed by atoms with Crippen LogP contribution in [0.15, 0.2) is 54.7 Å². The Balaban J connectivity index is 1.03. The fourth-order valence-electron chi connectivity index (χ4n) is 5.93. The Morgan fingerprint density at radius 3 is 2.94 bits per heavy atom. The number of ether oxygens (including phenoxy) is 2. The molecule has 0 bridgehead atoms. The Morgan fingerprint density at radius 2 is 2.00 bits per heavy atom. The van der Waals surface area contributed by atoms with Crippen LogP contribution in [0.3, 0.4) is 0 Å². The summed E-state index contributed by atoms with van der Waals surface area (Å²) < 4.78 is 12.4. The van der Waals surface area contributed by atoms with E-state index in [0.29, 0.717) is 30.2 Å². The van der Waals surface area contributed by atoms with Gasteiger partial charge in [-0.05, 0) is 61.1 Å². The summed E-state index contributed by atoms with van der Waals surface area (Å²) in [6, 6.07) is 16.3. The molecule has 2 aromatic carbocycles. The highest BCUT2D eigenvalue weighted by Crippen LogP contribution is 2.54. The summed E-state index contributed by atoms with van der Waals surface area (Å²) in [5.41, 5.74) is 4.64. The molecule has 1 aromatic heterocycles. The normalized spacial score (nSPS) is 26.0. The molecule has 3 heterocycles. The molecule has 184 valence electrons. The lowest BCUT2D eigenvalue weighted by molar-refractivity contribution is -0.116. The van der Waals surface area contributed by atoms with E-state index >= 15 is 0 Å². The molecule has 5 atom stereocenters. The van der Waals surface area contributed by atoms with Gasteiger partial charge in [-0.25, -0.2) is 4.98 Å². The molecular weight excluding hydrogens is 456 g/mol. The smallest absolute Gasteiger partial charge is 0.225 e. The molecule has 4 aliphatic rings. The molecule has 8 nitrogen and oxygen atoms in total. The quantitative estimate of drug-likeness (QED) is 0.397. The van der Waals surface area contributed by atoms with Crippen molar-refractivity contribution in [3.63, 3.8) is 0 Å². The largest absolute Gasteiger partial charge is 0.488 e. The highest BCUT2D eigenvalue weighted by atomic mass is 16.5. The first-order valence-corrected chi connectivity index (χ1v) is 12.7. The Labute approximate surface area is 209 Å². The lowest BCUT2D eigenvalue weighted by Crippen LogP contribution is -2.47. The first-order valence-electron chi connectivity index (χ1n) is 12.7. The van der Waals surface area contributed by atoms with Crippen LogP contribution in [0.2, 0.25) is 0 Å².